The minimum Gasteiger partial charge on any atom is -0.383 e. The highest BCUT2D eigenvalue weighted by Crippen LogP contribution is 2.21. The predicted molar refractivity (Wildman–Crippen MR) is 66.5 cm³/mol. The highest BCUT2D eigenvalue weighted by Gasteiger charge is 2.25. The lowest BCUT2D eigenvalue weighted by molar-refractivity contribution is -0.385. The van der Waals surface area contributed by atoms with Gasteiger partial charge in [0.1, 0.15) is 11.4 Å². The maximum Gasteiger partial charge on any atom is 0.282 e. The molecule has 0 heterocycles. The molecule has 0 radical (unpaired) electrons. The van der Waals surface area contributed by atoms with E-state index in [9.17, 15) is 19.3 Å². The molecule has 1 rings (SSSR count). The van der Waals surface area contributed by atoms with Gasteiger partial charge in [0, 0.05) is 20.2 Å². The maximum atomic E-state index is 13.2. The molecule has 1 aromatic rings. The van der Waals surface area contributed by atoms with Gasteiger partial charge in [0.2, 0.25) is 0 Å². The van der Waals surface area contributed by atoms with Gasteiger partial charge in [-0.05, 0) is 19.1 Å². The van der Waals surface area contributed by atoms with E-state index in [2.05, 4.69) is 0 Å². The zero-order valence-electron chi connectivity index (χ0n) is 10.9. The van der Waals surface area contributed by atoms with Gasteiger partial charge in [-0.3, -0.25) is 14.9 Å². The van der Waals surface area contributed by atoms with Crippen LogP contribution in [0.25, 0.3) is 0 Å². The summed E-state index contributed by atoms with van der Waals surface area (Å²) in [6.45, 7) is 2.01. The predicted octanol–water partition coefficient (Wildman–Crippen LogP) is 1.84. The Balaban J connectivity index is 3.11. The van der Waals surface area contributed by atoms with Crippen LogP contribution in [0.3, 0.4) is 0 Å². The Morgan fingerprint density at radius 1 is 1.58 bits per heavy atom. The molecule has 0 aliphatic carbocycles. The average Bonchev–Trinajstić information content (AvgIpc) is 2.36. The summed E-state index contributed by atoms with van der Waals surface area (Å²) in [5.74, 6) is -1.31. The van der Waals surface area contributed by atoms with Crippen LogP contribution in [0.5, 0.6) is 0 Å². The van der Waals surface area contributed by atoms with Gasteiger partial charge in [0.25, 0.3) is 11.6 Å². The highest BCUT2D eigenvalue weighted by molar-refractivity contribution is 5.98. The van der Waals surface area contributed by atoms with E-state index >= 15 is 0 Å². The van der Waals surface area contributed by atoms with Crippen LogP contribution in [-0.2, 0) is 4.74 Å². The van der Waals surface area contributed by atoms with Gasteiger partial charge in [-0.2, -0.15) is 0 Å². The summed E-state index contributed by atoms with van der Waals surface area (Å²) in [4.78, 5) is 23.6. The molecule has 1 atom stereocenters. The highest BCUT2D eigenvalue weighted by atomic mass is 19.1. The van der Waals surface area contributed by atoms with Crippen LogP contribution in [0.15, 0.2) is 18.2 Å². The quantitative estimate of drug-likeness (QED) is 0.604. The molecule has 0 aliphatic heterocycles. The van der Waals surface area contributed by atoms with E-state index in [1.165, 1.54) is 19.1 Å². The van der Waals surface area contributed by atoms with Crippen LogP contribution in [0.1, 0.15) is 17.3 Å². The minimum absolute atomic E-state index is 0.268. The van der Waals surface area contributed by atoms with E-state index in [1.54, 1.807) is 6.92 Å². The molecule has 6 nitrogen and oxygen atoms in total. The Labute approximate surface area is 109 Å². The summed E-state index contributed by atoms with van der Waals surface area (Å²) in [7, 11) is 2.97. The monoisotopic (exact) mass is 270 g/mol. The van der Waals surface area contributed by atoms with Crippen LogP contribution in [0, 0.1) is 15.9 Å². The molecule has 0 bridgehead atoms. The zero-order chi connectivity index (χ0) is 14.6. The third kappa shape index (κ3) is 3.47. The lowest BCUT2D eigenvalue weighted by Gasteiger charge is -2.24. The molecule has 0 spiro atoms. The van der Waals surface area contributed by atoms with Gasteiger partial charge in [0.05, 0.1) is 17.6 Å². The van der Waals surface area contributed by atoms with E-state index in [0.29, 0.717) is 0 Å². The van der Waals surface area contributed by atoms with Crippen molar-refractivity contribution in [3.05, 3.63) is 39.7 Å². The SMILES string of the molecule is COCC(C)N(C)C(=O)c1cc(F)ccc1[N+](=O)[O-]. The summed E-state index contributed by atoms with van der Waals surface area (Å²) in [6.07, 6.45) is 0. The molecule has 1 amide bonds. The molecule has 1 aromatic carbocycles. The number of likely N-dealkylation sites (N-methyl/N-ethyl adjacent to an activating group) is 1. The van der Waals surface area contributed by atoms with Crippen molar-refractivity contribution < 1.29 is 18.8 Å². The lowest BCUT2D eigenvalue weighted by Crippen LogP contribution is -2.38. The number of benzene rings is 1. The Bertz CT molecular complexity index is 493. The topological polar surface area (TPSA) is 72.7 Å². The van der Waals surface area contributed by atoms with Gasteiger partial charge in [0.15, 0.2) is 0 Å². The molecule has 104 valence electrons. The van der Waals surface area contributed by atoms with Gasteiger partial charge >= 0.3 is 0 Å². The summed E-state index contributed by atoms with van der Waals surface area (Å²) >= 11 is 0. The number of amides is 1. The largest absolute Gasteiger partial charge is 0.383 e. The van der Waals surface area contributed by atoms with Crippen molar-refractivity contribution >= 4 is 11.6 Å². The van der Waals surface area contributed by atoms with Crippen molar-refractivity contribution in [1.82, 2.24) is 4.90 Å². The first-order valence-corrected chi connectivity index (χ1v) is 5.58. The Hall–Kier alpha value is -2.02. The van der Waals surface area contributed by atoms with Gasteiger partial charge in [-0.15, -0.1) is 0 Å². The molecule has 0 aromatic heterocycles. The number of nitrogens with zero attached hydrogens (tertiary/aromatic N) is 2. The molecule has 0 saturated heterocycles. The standard InChI is InChI=1S/C12H15FN2O4/c1-8(7-19-3)14(2)12(16)10-6-9(13)4-5-11(10)15(17)18/h4-6,8H,7H2,1-3H3. The summed E-state index contributed by atoms with van der Waals surface area (Å²) in [5, 5.41) is 10.8. The van der Waals surface area contributed by atoms with Crippen LogP contribution in [0.4, 0.5) is 10.1 Å². The zero-order valence-corrected chi connectivity index (χ0v) is 10.9. The Morgan fingerprint density at radius 3 is 2.74 bits per heavy atom. The number of carbonyl (C=O) groups is 1. The molecule has 0 fully saturated rings. The third-order valence-electron chi connectivity index (χ3n) is 2.78. The first-order valence-electron chi connectivity index (χ1n) is 5.58. The van der Waals surface area contributed by atoms with Gasteiger partial charge in [-0.1, -0.05) is 0 Å². The molecule has 0 aliphatic rings. The summed E-state index contributed by atoms with van der Waals surface area (Å²) < 4.78 is 18.1. The van der Waals surface area contributed by atoms with E-state index in [1.807, 2.05) is 0 Å². The van der Waals surface area contributed by atoms with Crippen LogP contribution in [0.2, 0.25) is 0 Å². The number of hydrogen-bond donors (Lipinski definition) is 0. The van der Waals surface area contributed by atoms with Crippen molar-refractivity contribution in [2.75, 3.05) is 20.8 Å². The number of ether oxygens (including phenoxy) is 1. The van der Waals surface area contributed by atoms with Crippen molar-refractivity contribution in [3.8, 4) is 0 Å². The Morgan fingerprint density at radius 2 is 2.21 bits per heavy atom. The van der Waals surface area contributed by atoms with E-state index in [0.717, 1.165) is 18.2 Å². The second-order valence-electron chi connectivity index (χ2n) is 4.14. The van der Waals surface area contributed by atoms with Crippen molar-refractivity contribution in [2.24, 2.45) is 0 Å². The number of nitro benzene ring substituents is 1. The second-order valence-corrected chi connectivity index (χ2v) is 4.14. The fourth-order valence-corrected chi connectivity index (χ4v) is 1.58. The van der Waals surface area contributed by atoms with Crippen LogP contribution < -0.4 is 0 Å². The van der Waals surface area contributed by atoms with Gasteiger partial charge < -0.3 is 9.64 Å². The Kier molecular flexibility index (Phi) is 4.94. The smallest absolute Gasteiger partial charge is 0.282 e. The number of halogens is 1. The number of hydrogen-bond acceptors (Lipinski definition) is 4. The van der Waals surface area contributed by atoms with Crippen LogP contribution >= 0.6 is 0 Å². The molecular formula is C12H15FN2O4. The first kappa shape index (κ1) is 15.0. The van der Waals surface area contributed by atoms with Crippen molar-refractivity contribution in [2.45, 2.75) is 13.0 Å². The first-order chi connectivity index (χ1) is 8.88. The van der Waals surface area contributed by atoms with Crippen molar-refractivity contribution in [3.63, 3.8) is 0 Å². The minimum atomic E-state index is -0.707. The van der Waals surface area contributed by atoms with E-state index < -0.39 is 22.3 Å². The molecule has 19 heavy (non-hydrogen) atoms. The third-order valence-corrected chi connectivity index (χ3v) is 2.78. The van der Waals surface area contributed by atoms with Crippen LogP contribution in [-0.4, -0.2) is 42.5 Å². The maximum absolute atomic E-state index is 13.2. The fourth-order valence-electron chi connectivity index (χ4n) is 1.58. The lowest BCUT2D eigenvalue weighted by atomic mass is 10.1. The van der Waals surface area contributed by atoms with Gasteiger partial charge in [-0.25, -0.2) is 4.39 Å². The fraction of sp³-hybridized carbons (Fsp3) is 0.417. The molecular weight excluding hydrogens is 255 g/mol. The number of methoxy groups -OCH3 is 1. The molecule has 0 N–H and O–H groups in total. The van der Waals surface area contributed by atoms with E-state index in [-0.39, 0.29) is 18.2 Å². The average molecular weight is 270 g/mol. The molecule has 0 saturated carbocycles. The van der Waals surface area contributed by atoms with Crippen molar-refractivity contribution in [1.29, 1.82) is 0 Å². The summed E-state index contributed by atoms with van der Waals surface area (Å²) in [6, 6.07) is 2.53. The number of nitro groups is 1. The van der Waals surface area contributed by atoms with E-state index in [4.69, 9.17) is 4.74 Å². The molecule has 7 heteroatoms. The molecule has 1 unspecified atom stereocenters. The number of rotatable bonds is 5. The number of carbonyl (C=O) groups excluding carboxylic acids is 1. The normalized spacial score (nSPS) is 12.0. The second kappa shape index (κ2) is 6.24. The summed E-state index contributed by atoms with van der Waals surface area (Å²) in [5.41, 5.74) is -0.682.